The van der Waals surface area contributed by atoms with E-state index in [0.29, 0.717) is 5.56 Å². The minimum absolute atomic E-state index is 0.174. The summed E-state index contributed by atoms with van der Waals surface area (Å²) in [5.41, 5.74) is 1.65. The lowest BCUT2D eigenvalue weighted by Gasteiger charge is -2.23. The molecule has 0 bridgehead atoms. The molecule has 0 radical (unpaired) electrons. The molecule has 0 amide bonds. The molecule has 14 heavy (non-hydrogen) atoms. The van der Waals surface area contributed by atoms with Crippen molar-refractivity contribution in [3.8, 4) is 6.07 Å². The highest BCUT2D eigenvalue weighted by Crippen LogP contribution is 2.35. The molecule has 0 spiro atoms. The van der Waals surface area contributed by atoms with Crippen LogP contribution < -0.4 is 0 Å². The first-order valence-electron chi connectivity index (χ1n) is 4.89. The quantitative estimate of drug-likeness (QED) is 0.677. The number of hydrogen-bond donors (Lipinski definition) is 0. The highest BCUT2D eigenvalue weighted by atomic mass is 16.5. The van der Waals surface area contributed by atoms with Crippen molar-refractivity contribution >= 4 is 0 Å². The third-order valence-corrected chi connectivity index (χ3v) is 2.82. The zero-order chi connectivity index (χ0) is 10.0. The fourth-order valence-electron chi connectivity index (χ4n) is 1.92. The monoisotopic (exact) mass is 187 g/mol. The molecule has 2 heteroatoms. The highest BCUT2D eigenvalue weighted by molar-refractivity contribution is 5.35. The van der Waals surface area contributed by atoms with Gasteiger partial charge in [0.25, 0.3) is 0 Å². The van der Waals surface area contributed by atoms with E-state index in [1.165, 1.54) is 0 Å². The molecule has 1 aliphatic heterocycles. The number of benzene rings is 1. The van der Waals surface area contributed by atoms with Gasteiger partial charge in [-0.2, -0.15) is 5.26 Å². The molecule has 1 saturated heterocycles. The summed E-state index contributed by atoms with van der Waals surface area (Å²) in [6.07, 6.45) is 2.15. The average Bonchev–Trinajstić information content (AvgIpc) is 2.67. The number of hydrogen-bond acceptors (Lipinski definition) is 2. The van der Waals surface area contributed by atoms with Crippen molar-refractivity contribution in [1.82, 2.24) is 0 Å². The third kappa shape index (κ3) is 1.51. The van der Waals surface area contributed by atoms with Crippen LogP contribution in [0, 0.1) is 11.3 Å². The fourth-order valence-corrected chi connectivity index (χ4v) is 1.92. The number of nitriles is 1. The van der Waals surface area contributed by atoms with Gasteiger partial charge in [-0.1, -0.05) is 12.1 Å². The first kappa shape index (κ1) is 9.23. The Morgan fingerprint density at radius 3 is 3.00 bits per heavy atom. The molecular formula is C12H13NO. The van der Waals surface area contributed by atoms with E-state index in [0.717, 1.165) is 25.0 Å². The predicted octanol–water partition coefficient (Wildman–Crippen LogP) is 2.58. The largest absolute Gasteiger partial charge is 0.371 e. The third-order valence-electron chi connectivity index (χ3n) is 2.82. The molecule has 1 fully saturated rings. The van der Waals surface area contributed by atoms with Crippen LogP contribution in [0.5, 0.6) is 0 Å². The van der Waals surface area contributed by atoms with Crippen LogP contribution >= 0.6 is 0 Å². The molecule has 0 saturated carbocycles. The van der Waals surface area contributed by atoms with Gasteiger partial charge >= 0.3 is 0 Å². The molecular weight excluding hydrogens is 174 g/mol. The van der Waals surface area contributed by atoms with Crippen molar-refractivity contribution in [3.05, 3.63) is 35.4 Å². The first-order valence-corrected chi connectivity index (χ1v) is 4.89. The van der Waals surface area contributed by atoms with Crippen molar-refractivity contribution < 1.29 is 4.74 Å². The Hall–Kier alpha value is -1.33. The molecule has 1 unspecified atom stereocenters. The second-order valence-corrected chi connectivity index (χ2v) is 3.88. The van der Waals surface area contributed by atoms with Gasteiger partial charge in [-0.25, -0.2) is 0 Å². The molecule has 1 aliphatic rings. The van der Waals surface area contributed by atoms with Gasteiger partial charge in [-0.15, -0.1) is 0 Å². The fraction of sp³-hybridized carbons (Fsp3) is 0.417. The van der Waals surface area contributed by atoms with Crippen LogP contribution in [0.4, 0.5) is 0 Å². The van der Waals surface area contributed by atoms with Crippen LogP contribution in [0.25, 0.3) is 0 Å². The minimum atomic E-state index is -0.174. The molecule has 2 rings (SSSR count). The van der Waals surface area contributed by atoms with Gasteiger partial charge in [0.15, 0.2) is 0 Å². The second kappa shape index (κ2) is 3.43. The zero-order valence-electron chi connectivity index (χ0n) is 8.29. The molecule has 0 aromatic heterocycles. The molecule has 0 aliphatic carbocycles. The Kier molecular flexibility index (Phi) is 2.26. The van der Waals surface area contributed by atoms with Crippen LogP contribution in [0.3, 0.4) is 0 Å². The molecule has 0 N–H and O–H groups in total. The normalized spacial score (nSPS) is 26.0. The van der Waals surface area contributed by atoms with Gasteiger partial charge in [-0.3, -0.25) is 0 Å². The van der Waals surface area contributed by atoms with Gasteiger partial charge < -0.3 is 4.74 Å². The standard InChI is InChI=1S/C12H13NO/c1-12(6-3-7-14-12)11-5-2-4-10(8-11)9-13/h2,4-5,8H,3,6-7H2,1H3. The van der Waals surface area contributed by atoms with Crippen molar-refractivity contribution in [1.29, 1.82) is 5.26 Å². The summed E-state index contributed by atoms with van der Waals surface area (Å²) >= 11 is 0. The molecule has 1 aromatic carbocycles. The smallest absolute Gasteiger partial charge is 0.0991 e. The summed E-state index contributed by atoms with van der Waals surface area (Å²) in [6.45, 7) is 2.92. The predicted molar refractivity (Wildman–Crippen MR) is 53.7 cm³/mol. The summed E-state index contributed by atoms with van der Waals surface area (Å²) in [4.78, 5) is 0. The van der Waals surface area contributed by atoms with Crippen molar-refractivity contribution in [2.45, 2.75) is 25.4 Å². The summed E-state index contributed by atoms with van der Waals surface area (Å²) < 4.78 is 5.72. The van der Waals surface area contributed by atoms with Crippen LogP contribution in [-0.2, 0) is 10.3 Å². The average molecular weight is 187 g/mol. The van der Waals surface area contributed by atoms with Gasteiger partial charge in [0.2, 0.25) is 0 Å². The lowest BCUT2D eigenvalue weighted by atomic mass is 9.92. The molecule has 72 valence electrons. The second-order valence-electron chi connectivity index (χ2n) is 3.88. The maximum atomic E-state index is 8.80. The van der Waals surface area contributed by atoms with Crippen LogP contribution in [0.1, 0.15) is 30.9 Å². The van der Waals surface area contributed by atoms with Crippen molar-refractivity contribution in [2.75, 3.05) is 6.61 Å². The van der Waals surface area contributed by atoms with Crippen molar-refractivity contribution in [2.24, 2.45) is 0 Å². The van der Waals surface area contributed by atoms with E-state index in [-0.39, 0.29) is 5.60 Å². The SMILES string of the molecule is CC1(c2cccc(C#N)c2)CCCO1. The minimum Gasteiger partial charge on any atom is -0.371 e. The topological polar surface area (TPSA) is 33.0 Å². The van der Waals surface area contributed by atoms with E-state index in [2.05, 4.69) is 13.0 Å². The Balaban J connectivity index is 2.36. The zero-order valence-corrected chi connectivity index (χ0v) is 8.29. The number of ether oxygens (including phenoxy) is 1. The molecule has 1 heterocycles. The molecule has 2 nitrogen and oxygen atoms in total. The summed E-state index contributed by atoms with van der Waals surface area (Å²) in [6, 6.07) is 9.85. The Morgan fingerprint density at radius 1 is 1.50 bits per heavy atom. The van der Waals surface area contributed by atoms with Gasteiger partial charge in [0, 0.05) is 6.61 Å². The maximum absolute atomic E-state index is 8.80. The molecule has 1 atom stereocenters. The van der Waals surface area contributed by atoms with Crippen LogP contribution in [0.15, 0.2) is 24.3 Å². The van der Waals surface area contributed by atoms with Crippen molar-refractivity contribution in [3.63, 3.8) is 0 Å². The maximum Gasteiger partial charge on any atom is 0.0991 e. The number of rotatable bonds is 1. The first-order chi connectivity index (χ1) is 6.74. The highest BCUT2D eigenvalue weighted by Gasteiger charge is 2.31. The van der Waals surface area contributed by atoms with Gasteiger partial charge in [0.05, 0.1) is 17.2 Å². The van der Waals surface area contributed by atoms with E-state index in [1.54, 1.807) is 0 Å². The Bertz CT molecular complexity index is 372. The Morgan fingerprint density at radius 2 is 2.36 bits per heavy atom. The van der Waals surface area contributed by atoms with E-state index in [1.807, 2.05) is 24.3 Å². The van der Waals surface area contributed by atoms with E-state index >= 15 is 0 Å². The van der Waals surface area contributed by atoms with Gasteiger partial charge in [0.1, 0.15) is 0 Å². The Labute approximate surface area is 84.1 Å². The van der Waals surface area contributed by atoms with E-state index < -0.39 is 0 Å². The van der Waals surface area contributed by atoms with Crippen LogP contribution in [0.2, 0.25) is 0 Å². The number of nitrogens with zero attached hydrogens (tertiary/aromatic N) is 1. The molecule has 1 aromatic rings. The van der Waals surface area contributed by atoms with Crippen LogP contribution in [-0.4, -0.2) is 6.61 Å². The van der Waals surface area contributed by atoms with Gasteiger partial charge in [-0.05, 0) is 37.5 Å². The van der Waals surface area contributed by atoms with E-state index in [4.69, 9.17) is 10.00 Å². The summed E-state index contributed by atoms with van der Waals surface area (Å²) in [5.74, 6) is 0. The lowest BCUT2D eigenvalue weighted by Crippen LogP contribution is -2.19. The lowest BCUT2D eigenvalue weighted by molar-refractivity contribution is 0.0168. The van der Waals surface area contributed by atoms with E-state index in [9.17, 15) is 0 Å². The summed E-state index contributed by atoms with van der Waals surface area (Å²) in [7, 11) is 0. The summed E-state index contributed by atoms with van der Waals surface area (Å²) in [5, 5.41) is 8.80.